The first-order chi connectivity index (χ1) is 8.29. The summed E-state index contributed by atoms with van der Waals surface area (Å²) in [7, 11) is 0. The van der Waals surface area contributed by atoms with Crippen molar-refractivity contribution >= 4 is 5.97 Å². The lowest BCUT2D eigenvalue weighted by Gasteiger charge is -2.08. The normalized spacial score (nSPS) is 11.5. The number of halogens is 3. The number of aromatic nitrogens is 1. The van der Waals surface area contributed by atoms with Gasteiger partial charge in [0.15, 0.2) is 0 Å². The van der Waals surface area contributed by atoms with Crippen LogP contribution >= 0.6 is 0 Å². The maximum absolute atomic E-state index is 11.9. The number of carboxylic acids is 1. The van der Waals surface area contributed by atoms with Gasteiger partial charge in [0.25, 0.3) is 5.56 Å². The maximum atomic E-state index is 11.9. The first-order valence-corrected chi connectivity index (χ1v) is 5.30. The van der Waals surface area contributed by atoms with Gasteiger partial charge in [-0.15, -0.1) is 0 Å². The zero-order valence-electron chi connectivity index (χ0n) is 9.41. The second-order valence-corrected chi connectivity index (χ2v) is 3.83. The average molecular weight is 263 g/mol. The van der Waals surface area contributed by atoms with Crippen molar-refractivity contribution in [3.8, 4) is 0 Å². The van der Waals surface area contributed by atoms with Gasteiger partial charge in [-0.2, -0.15) is 13.2 Å². The SMILES string of the molecule is O=C(O)c1ccc(=O)n(CCCCC(F)(F)F)c1. The van der Waals surface area contributed by atoms with Crippen LogP contribution in [0.4, 0.5) is 13.2 Å². The number of carboxylic acid groups (broad SMARTS) is 1. The molecule has 0 atom stereocenters. The number of alkyl halides is 3. The Morgan fingerprint density at radius 2 is 1.94 bits per heavy atom. The van der Waals surface area contributed by atoms with Gasteiger partial charge in [-0.25, -0.2) is 4.79 Å². The molecule has 1 heterocycles. The van der Waals surface area contributed by atoms with Crippen LogP contribution in [0, 0.1) is 0 Å². The molecule has 0 unspecified atom stereocenters. The van der Waals surface area contributed by atoms with E-state index in [1.165, 1.54) is 0 Å². The molecule has 0 bridgehead atoms. The van der Waals surface area contributed by atoms with Crippen molar-refractivity contribution in [3.63, 3.8) is 0 Å². The first kappa shape index (κ1) is 14.3. The van der Waals surface area contributed by atoms with E-state index < -0.39 is 24.1 Å². The molecule has 7 heteroatoms. The van der Waals surface area contributed by atoms with Crippen molar-refractivity contribution < 1.29 is 23.1 Å². The molecule has 0 aliphatic carbocycles. The number of unbranched alkanes of at least 4 members (excludes halogenated alkanes) is 1. The Kier molecular flexibility index (Phi) is 4.52. The van der Waals surface area contributed by atoms with Crippen LogP contribution in [0.5, 0.6) is 0 Å². The fraction of sp³-hybridized carbons (Fsp3) is 0.455. The van der Waals surface area contributed by atoms with Gasteiger partial charge < -0.3 is 9.67 Å². The number of aromatic carboxylic acids is 1. The lowest BCUT2D eigenvalue weighted by Crippen LogP contribution is -2.20. The molecule has 100 valence electrons. The number of hydrogen-bond acceptors (Lipinski definition) is 2. The van der Waals surface area contributed by atoms with E-state index in [0.717, 1.165) is 22.9 Å². The van der Waals surface area contributed by atoms with Crippen molar-refractivity contribution in [1.29, 1.82) is 0 Å². The molecule has 1 N–H and O–H groups in total. The molecule has 18 heavy (non-hydrogen) atoms. The fourth-order valence-corrected chi connectivity index (χ4v) is 1.44. The molecule has 0 aromatic carbocycles. The zero-order chi connectivity index (χ0) is 13.8. The first-order valence-electron chi connectivity index (χ1n) is 5.30. The average Bonchev–Trinajstić information content (AvgIpc) is 2.24. The highest BCUT2D eigenvalue weighted by Crippen LogP contribution is 2.22. The van der Waals surface area contributed by atoms with Gasteiger partial charge in [-0.3, -0.25) is 4.79 Å². The van der Waals surface area contributed by atoms with Crippen LogP contribution in [0.25, 0.3) is 0 Å². The molecule has 0 radical (unpaired) electrons. The third kappa shape index (κ3) is 4.60. The van der Waals surface area contributed by atoms with Crippen molar-refractivity contribution in [3.05, 3.63) is 34.2 Å². The predicted molar refractivity (Wildman–Crippen MR) is 57.6 cm³/mol. The molecule has 0 aliphatic rings. The van der Waals surface area contributed by atoms with E-state index in [0.29, 0.717) is 0 Å². The third-order valence-electron chi connectivity index (χ3n) is 2.34. The van der Waals surface area contributed by atoms with Gasteiger partial charge >= 0.3 is 12.1 Å². The summed E-state index contributed by atoms with van der Waals surface area (Å²) in [5, 5.41) is 8.71. The molecular formula is C11H12F3NO3. The number of aryl methyl sites for hydroxylation is 1. The summed E-state index contributed by atoms with van der Waals surface area (Å²) in [5.41, 5.74) is -0.488. The second-order valence-electron chi connectivity index (χ2n) is 3.83. The highest BCUT2D eigenvalue weighted by molar-refractivity contribution is 5.87. The Hall–Kier alpha value is -1.79. The summed E-state index contributed by atoms with van der Waals surface area (Å²) >= 11 is 0. The van der Waals surface area contributed by atoms with Crippen LogP contribution in [-0.4, -0.2) is 21.8 Å². The quantitative estimate of drug-likeness (QED) is 0.829. The van der Waals surface area contributed by atoms with Crippen molar-refractivity contribution in [2.45, 2.75) is 32.0 Å². The Balaban J connectivity index is 2.59. The van der Waals surface area contributed by atoms with Crippen LogP contribution < -0.4 is 5.56 Å². The van der Waals surface area contributed by atoms with Crippen molar-refractivity contribution in [2.24, 2.45) is 0 Å². The van der Waals surface area contributed by atoms with E-state index in [-0.39, 0.29) is 24.9 Å². The summed E-state index contributed by atoms with van der Waals surface area (Å²) in [6.45, 7) is 0.0794. The number of carbonyl (C=O) groups is 1. The van der Waals surface area contributed by atoms with E-state index in [9.17, 15) is 22.8 Å². The Labute approximate surface area is 101 Å². The molecule has 0 fully saturated rings. The smallest absolute Gasteiger partial charge is 0.389 e. The molecule has 1 aromatic heterocycles. The summed E-state index contributed by atoms with van der Waals surface area (Å²) in [6.07, 6.45) is -3.89. The van der Waals surface area contributed by atoms with Crippen LogP contribution in [0.3, 0.4) is 0 Å². The second kappa shape index (κ2) is 5.70. The Morgan fingerprint density at radius 1 is 1.28 bits per heavy atom. The molecule has 1 aromatic rings. The van der Waals surface area contributed by atoms with Gasteiger partial charge in [-0.05, 0) is 18.9 Å². The standard InChI is InChI=1S/C11H12F3NO3/c12-11(13,14)5-1-2-6-15-7-8(10(17)18)3-4-9(15)16/h3-4,7H,1-2,5-6H2,(H,17,18). The summed E-state index contributed by atoms with van der Waals surface area (Å²) < 4.78 is 36.8. The molecule has 4 nitrogen and oxygen atoms in total. The Morgan fingerprint density at radius 3 is 2.50 bits per heavy atom. The summed E-state index contributed by atoms with van der Waals surface area (Å²) in [5.74, 6) is -1.18. The minimum Gasteiger partial charge on any atom is -0.478 e. The van der Waals surface area contributed by atoms with Crippen molar-refractivity contribution in [1.82, 2.24) is 4.57 Å². The van der Waals surface area contributed by atoms with E-state index >= 15 is 0 Å². The van der Waals surface area contributed by atoms with Gasteiger partial charge in [0.1, 0.15) is 0 Å². The maximum Gasteiger partial charge on any atom is 0.389 e. The highest BCUT2D eigenvalue weighted by atomic mass is 19.4. The van der Waals surface area contributed by atoms with E-state index in [1.807, 2.05) is 0 Å². The molecular weight excluding hydrogens is 251 g/mol. The number of pyridine rings is 1. The van der Waals surface area contributed by atoms with Crippen LogP contribution in [0.15, 0.2) is 23.1 Å². The van der Waals surface area contributed by atoms with Gasteiger partial charge in [0, 0.05) is 25.2 Å². The highest BCUT2D eigenvalue weighted by Gasteiger charge is 2.25. The largest absolute Gasteiger partial charge is 0.478 e. The molecule has 0 saturated carbocycles. The molecule has 0 spiro atoms. The van der Waals surface area contributed by atoms with Crippen LogP contribution in [0.2, 0.25) is 0 Å². The fourth-order valence-electron chi connectivity index (χ4n) is 1.44. The number of rotatable bonds is 5. The summed E-state index contributed by atoms with van der Waals surface area (Å²) in [6, 6.07) is 2.25. The van der Waals surface area contributed by atoms with Crippen LogP contribution in [0.1, 0.15) is 29.6 Å². The minimum atomic E-state index is -4.20. The number of nitrogens with zero attached hydrogens (tertiary/aromatic N) is 1. The number of hydrogen-bond donors (Lipinski definition) is 1. The monoisotopic (exact) mass is 263 g/mol. The topological polar surface area (TPSA) is 59.3 Å². The minimum absolute atomic E-state index is 0.0644. The van der Waals surface area contributed by atoms with Gasteiger partial charge in [0.2, 0.25) is 0 Å². The molecule has 1 rings (SSSR count). The lowest BCUT2D eigenvalue weighted by molar-refractivity contribution is -0.135. The zero-order valence-corrected chi connectivity index (χ0v) is 9.41. The predicted octanol–water partition coefficient (Wildman–Crippen LogP) is 2.28. The lowest BCUT2D eigenvalue weighted by atomic mass is 10.2. The van der Waals surface area contributed by atoms with E-state index in [1.54, 1.807) is 0 Å². The third-order valence-corrected chi connectivity index (χ3v) is 2.34. The summed E-state index contributed by atoms with van der Waals surface area (Å²) in [4.78, 5) is 22.0. The van der Waals surface area contributed by atoms with Gasteiger partial charge in [0.05, 0.1) is 5.56 Å². The Bertz CT molecular complexity index is 479. The van der Waals surface area contributed by atoms with E-state index in [2.05, 4.69) is 0 Å². The molecule has 0 amide bonds. The van der Waals surface area contributed by atoms with Gasteiger partial charge in [-0.1, -0.05) is 0 Å². The molecule has 0 saturated heterocycles. The molecule has 0 aliphatic heterocycles. The van der Waals surface area contributed by atoms with E-state index in [4.69, 9.17) is 5.11 Å². The van der Waals surface area contributed by atoms with Crippen LogP contribution in [-0.2, 0) is 6.54 Å². The van der Waals surface area contributed by atoms with Crippen molar-refractivity contribution in [2.75, 3.05) is 0 Å².